The average Bonchev–Trinajstić information content (AvgIpc) is 3.01. The highest BCUT2D eigenvalue weighted by Gasteiger charge is 2.23. The minimum absolute atomic E-state index is 0.0332. The molecule has 1 N–H and O–H groups in total. The Kier molecular flexibility index (Phi) is 7.96. The van der Waals surface area contributed by atoms with E-state index in [9.17, 15) is 13.2 Å². The van der Waals surface area contributed by atoms with Gasteiger partial charge in [0.1, 0.15) is 0 Å². The number of aliphatic imine (C=N–C) groups is 1. The van der Waals surface area contributed by atoms with Crippen molar-refractivity contribution in [3.8, 4) is 0 Å². The highest BCUT2D eigenvalue weighted by Crippen LogP contribution is 2.37. The standard InChI is InChI=1S/C20H28ClN5O3S/c1-13(2)17-7-15(21)8-18(20(17)22-12-27)14(3)10-23-30(28,29)19-9-16(11-25(4)5)26(6)24-19/h7-9,13-14,23H,10-11H2,1-6H3. The van der Waals surface area contributed by atoms with Gasteiger partial charge in [0.2, 0.25) is 6.08 Å². The van der Waals surface area contributed by atoms with Crippen LogP contribution in [-0.4, -0.2) is 49.8 Å². The van der Waals surface area contributed by atoms with E-state index < -0.39 is 10.0 Å². The first-order chi connectivity index (χ1) is 14.0. The van der Waals surface area contributed by atoms with Crippen LogP contribution in [0.25, 0.3) is 0 Å². The van der Waals surface area contributed by atoms with Crippen LogP contribution in [0.15, 0.2) is 28.2 Å². The number of sulfonamides is 1. The van der Waals surface area contributed by atoms with Gasteiger partial charge in [0.05, 0.1) is 11.4 Å². The van der Waals surface area contributed by atoms with Gasteiger partial charge >= 0.3 is 0 Å². The van der Waals surface area contributed by atoms with Crippen LogP contribution in [0.3, 0.4) is 0 Å². The average molecular weight is 454 g/mol. The van der Waals surface area contributed by atoms with Crippen LogP contribution in [0.5, 0.6) is 0 Å². The number of rotatable bonds is 9. The Labute approximate surface area is 183 Å². The maximum atomic E-state index is 12.8. The SMILES string of the molecule is CC(C)c1cc(Cl)cc(C(C)CNS(=O)(=O)c2cc(CN(C)C)n(C)n2)c1N=C=O. The summed E-state index contributed by atoms with van der Waals surface area (Å²) in [5.74, 6) is -0.199. The number of isocyanates is 1. The quantitative estimate of drug-likeness (QED) is 0.464. The van der Waals surface area contributed by atoms with E-state index in [0.29, 0.717) is 22.8 Å². The van der Waals surface area contributed by atoms with E-state index >= 15 is 0 Å². The number of halogens is 1. The van der Waals surface area contributed by atoms with Gasteiger partial charge in [-0.15, -0.1) is 0 Å². The van der Waals surface area contributed by atoms with Crippen LogP contribution >= 0.6 is 11.6 Å². The number of nitrogens with one attached hydrogen (secondary N) is 1. The van der Waals surface area contributed by atoms with Crippen LogP contribution in [0.4, 0.5) is 5.69 Å². The molecule has 2 rings (SSSR count). The van der Waals surface area contributed by atoms with E-state index in [1.807, 2.05) is 39.8 Å². The van der Waals surface area contributed by atoms with E-state index in [1.165, 1.54) is 0 Å². The molecule has 0 fully saturated rings. The third-order valence-electron chi connectivity index (χ3n) is 4.73. The number of aryl methyl sites for hydroxylation is 1. The van der Waals surface area contributed by atoms with Gasteiger partial charge in [-0.3, -0.25) is 4.68 Å². The Morgan fingerprint density at radius 1 is 1.23 bits per heavy atom. The largest absolute Gasteiger partial charge is 0.304 e. The lowest BCUT2D eigenvalue weighted by Gasteiger charge is -2.19. The molecular formula is C20H28ClN5O3S. The molecule has 1 aromatic heterocycles. The first kappa shape index (κ1) is 24.2. The normalized spacial score (nSPS) is 13.0. The van der Waals surface area contributed by atoms with Gasteiger partial charge in [0, 0.05) is 31.2 Å². The van der Waals surface area contributed by atoms with Crippen molar-refractivity contribution < 1.29 is 13.2 Å². The molecule has 0 aliphatic carbocycles. The molecule has 0 bridgehead atoms. The molecule has 0 saturated heterocycles. The number of carbonyl (C=O) groups excluding carboxylic acids is 1. The van der Waals surface area contributed by atoms with Crippen molar-refractivity contribution >= 4 is 33.4 Å². The number of hydrogen-bond acceptors (Lipinski definition) is 6. The summed E-state index contributed by atoms with van der Waals surface area (Å²) in [4.78, 5) is 16.8. The molecule has 10 heteroatoms. The molecule has 0 radical (unpaired) electrons. The Hall–Kier alpha value is -2.03. The molecule has 1 aromatic carbocycles. The summed E-state index contributed by atoms with van der Waals surface area (Å²) in [7, 11) is 1.71. The zero-order chi connectivity index (χ0) is 22.6. The Bertz CT molecular complexity index is 1060. The summed E-state index contributed by atoms with van der Waals surface area (Å²) in [5.41, 5.74) is 2.77. The predicted octanol–water partition coefficient (Wildman–Crippen LogP) is 3.31. The van der Waals surface area contributed by atoms with Crippen molar-refractivity contribution in [2.75, 3.05) is 20.6 Å². The molecular weight excluding hydrogens is 426 g/mol. The summed E-state index contributed by atoms with van der Waals surface area (Å²) < 4.78 is 29.7. The van der Waals surface area contributed by atoms with Gasteiger partial charge in [-0.1, -0.05) is 32.4 Å². The summed E-state index contributed by atoms with van der Waals surface area (Å²) in [6.45, 7) is 6.46. The third-order valence-corrected chi connectivity index (χ3v) is 6.25. The molecule has 1 unspecified atom stereocenters. The van der Waals surface area contributed by atoms with Crippen molar-refractivity contribution in [1.82, 2.24) is 19.4 Å². The number of aromatic nitrogens is 2. The highest BCUT2D eigenvalue weighted by atomic mass is 35.5. The van der Waals surface area contributed by atoms with Gasteiger partial charge in [-0.2, -0.15) is 10.1 Å². The van der Waals surface area contributed by atoms with Crippen molar-refractivity contribution in [2.45, 2.75) is 44.2 Å². The maximum absolute atomic E-state index is 12.8. The molecule has 1 atom stereocenters. The molecule has 0 aliphatic heterocycles. The fraction of sp³-hybridized carbons (Fsp3) is 0.500. The van der Waals surface area contributed by atoms with Gasteiger partial charge < -0.3 is 4.90 Å². The summed E-state index contributed by atoms with van der Waals surface area (Å²) in [6.07, 6.45) is 1.59. The van der Waals surface area contributed by atoms with Crippen LogP contribution in [0, 0.1) is 0 Å². The van der Waals surface area contributed by atoms with E-state index in [4.69, 9.17) is 11.6 Å². The minimum Gasteiger partial charge on any atom is -0.304 e. The highest BCUT2D eigenvalue weighted by molar-refractivity contribution is 7.89. The Balaban J connectivity index is 2.29. The Morgan fingerprint density at radius 2 is 1.87 bits per heavy atom. The zero-order valence-electron chi connectivity index (χ0n) is 18.1. The lowest BCUT2D eigenvalue weighted by Crippen LogP contribution is -2.28. The van der Waals surface area contributed by atoms with Gasteiger partial charge in [0.25, 0.3) is 10.0 Å². The predicted molar refractivity (Wildman–Crippen MR) is 118 cm³/mol. The number of nitrogens with zero attached hydrogens (tertiary/aromatic N) is 4. The van der Waals surface area contributed by atoms with Crippen LogP contribution in [0.1, 0.15) is 49.4 Å². The lowest BCUT2D eigenvalue weighted by atomic mass is 9.92. The second kappa shape index (κ2) is 9.85. The third kappa shape index (κ3) is 5.77. The van der Waals surface area contributed by atoms with E-state index in [2.05, 4.69) is 14.8 Å². The van der Waals surface area contributed by atoms with Crippen molar-refractivity contribution in [3.05, 3.63) is 40.0 Å². The van der Waals surface area contributed by atoms with Gasteiger partial charge in [0.15, 0.2) is 5.03 Å². The second-order valence-corrected chi connectivity index (χ2v) is 10.0. The lowest BCUT2D eigenvalue weighted by molar-refractivity contribution is 0.387. The fourth-order valence-corrected chi connectivity index (χ4v) is 4.50. The Morgan fingerprint density at radius 3 is 2.43 bits per heavy atom. The van der Waals surface area contributed by atoms with Crippen LogP contribution in [0.2, 0.25) is 5.02 Å². The number of hydrogen-bond donors (Lipinski definition) is 1. The monoisotopic (exact) mass is 453 g/mol. The first-order valence-corrected chi connectivity index (χ1v) is 11.4. The molecule has 8 nitrogen and oxygen atoms in total. The van der Waals surface area contributed by atoms with Crippen LogP contribution in [-0.2, 0) is 28.4 Å². The molecule has 1 heterocycles. The summed E-state index contributed by atoms with van der Waals surface area (Å²) in [6, 6.07) is 5.03. The molecule has 0 aliphatic rings. The number of benzene rings is 1. The summed E-state index contributed by atoms with van der Waals surface area (Å²) >= 11 is 6.26. The molecule has 0 saturated carbocycles. The molecule has 0 spiro atoms. The minimum atomic E-state index is -3.80. The molecule has 30 heavy (non-hydrogen) atoms. The van der Waals surface area contributed by atoms with E-state index in [1.54, 1.807) is 36.0 Å². The van der Waals surface area contributed by atoms with Gasteiger partial charge in [-0.25, -0.2) is 17.9 Å². The van der Waals surface area contributed by atoms with Gasteiger partial charge in [-0.05, 0) is 49.2 Å². The molecule has 164 valence electrons. The van der Waals surface area contributed by atoms with E-state index in [0.717, 1.165) is 11.3 Å². The molecule has 2 aromatic rings. The van der Waals surface area contributed by atoms with Crippen molar-refractivity contribution in [1.29, 1.82) is 0 Å². The topological polar surface area (TPSA) is 96.7 Å². The smallest absolute Gasteiger partial charge is 0.259 e. The summed E-state index contributed by atoms with van der Waals surface area (Å²) in [5, 5.41) is 4.61. The van der Waals surface area contributed by atoms with Crippen LogP contribution < -0.4 is 4.72 Å². The van der Waals surface area contributed by atoms with Crippen molar-refractivity contribution in [3.63, 3.8) is 0 Å². The zero-order valence-corrected chi connectivity index (χ0v) is 19.7. The maximum Gasteiger partial charge on any atom is 0.259 e. The van der Waals surface area contributed by atoms with Crippen molar-refractivity contribution in [2.24, 2.45) is 12.0 Å². The first-order valence-electron chi connectivity index (χ1n) is 9.54. The fourth-order valence-electron chi connectivity index (χ4n) is 3.13. The van der Waals surface area contributed by atoms with E-state index in [-0.39, 0.29) is 23.4 Å². The molecule has 0 amide bonds. The second-order valence-electron chi connectivity index (χ2n) is 7.88.